The molecule has 1 aliphatic heterocycles. The fourth-order valence-corrected chi connectivity index (χ4v) is 3.77. The lowest BCUT2D eigenvalue weighted by Gasteiger charge is -2.33. The van der Waals surface area contributed by atoms with Gasteiger partial charge in [-0.2, -0.15) is 0 Å². The maximum atomic E-state index is 12.6. The Morgan fingerprint density at radius 2 is 1.96 bits per heavy atom. The van der Waals surface area contributed by atoms with Gasteiger partial charge in [0.1, 0.15) is 0 Å². The summed E-state index contributed by atoms with van der Waals surface area (Å²) in [5, 5.41) is 6.47. The first-order valence-electron chi connectivity index (χ1n) is 9.72. The van der Waals surface area contributed by atoms with Crippen LogP contribution in [0.1, 0.15) is 47.2 Å². The van der Waals surface area contributed by atoms with Gasteiger partial charge in [0, 0.05) is 42.7 Å². The largest absolute Gasteiger partial charge is 0.348 e. The number of likely N-dealkylation sites (tertiary alicyclic amines) is 1. The number of nitrogens with one attached hydrogen (secondary N) is 2. The van der Waals surface area contributed by atoms with Crippen molar-refractivity contribution in [1.29, 1.82) is 0 Å². The van der Waals surface area contributed by atoms with Crippen molar-refractivity contribution in [3.05, 3.63) is 70.2 Å². The molecule has 5 nitrogen and oxygen atoms in total. The second-order valence-electron chi connectivity index (χ2n) is 7.06. The van der Waals surface area contributed by atoms with E-state index in [9.17, 15) is 9.59 Å². The molecule has 0 unspecified atom stereocenters. The highest BCUT2D eigenvalue weighted by Gasteiger charge is 2.24. The number of hydrogen-bond donors (Lipinski definition) is 2. The van der Waals surface area contributed by atoms with E-state index in [0.717, 1.165) is 30.5 Å². The van der Waals surface area contributed by atoms with Crippen LogP contribution < -0.4 is 10.6 Å². The Balaban J connectivity index is 1.64. The predicted octanol–water partition coefficient (Wildman–Crippen LogP) is 4.18. The van der Waals surface area contributed by atoms with Crippen LogP contribution >= 0.6 is 11.6 Å². The standard InChI is InChI=1S/C22H26ClN3O2/c1-2-24-22(28)26-11-5-9-19(15-26)17-7-4-8-18(13-17)21(27)25-14-16-6-3-10-20(23)12-16/h3-4,6-8,10,12-13,19H,2,5,9,11,14-15H2,1H3,(H,24,28)(H,25,27)/t19-/m1/s1. The number of hydrogen-bond acceptors (Lipinski definition) is 2. The molecule has 6 heteroatoms. The summed E-state index contributed by atoms with van der Waals surface area (Å²) in [6, 6.07) is 15.2. The van der Waals surface area contributed by atoms with E-state index in [-0.39, 0.29) is 17.9 Å². The normalized spacial score (nSPS) is 16.5. The van der Waals surface area contributed by atoms with Crippen LogP contribution in [-0.4, -0.2) is 36.5 Å². The SMILES string of the molecule is CCNC(=O)N1CCC[C@@H](c2cccc(C(=O)NCc3cccc(Cl)c3)c2)C1. The van der Waals surface area contributed by atoms with Gasteiger partial charge in [0.05, 0.1) is 0 Å². The van der Waals surface area contributed by atoms with Crippen molar-refractivity contribution in [3.63, 3.8) is 0 Å². The van der Waals surface area contributed by atoms with E-state index in [4.69, 9.17) is 11.6 Å². The lowest BCUT2D eigenvalue weighted by atomic mass is 9.89. The number of urea groups is 1. The third-order valence-electron chi connectivity index (χ3n) is 5.00. The van der Waals surface area contributed by atoms with Gasteiger partial charge >= 0.3 is 6.03 Å². The first-order chi connectivity index (χ1) is 13.6. The van der Waals surface area contributed by atoms with Crippen molar-refractivity contribution >= 4 is 23.5 Å². The second kappa shape index (κ2) is 9.60. The number of piperidine rings is 1. The third-order valence-corrected chi connectivity index (χ3v) is 5.23. The highest BCUT2D eigenvalue weighted by atomic mass is 35.5. The van der Waals surface area contributed by atoms with Crippen LogP contribution in [0.4, 0.5) is 4.79 Å². The Hall–Kier alpha value is -2.53. The molecule has 0 radical (unpaired) electrons. The van der Waals surface area contributed by atoms with Gasteiger partial charge in [-0.1, -0.05) is 35.9 Å². The molecule has 1 heterocycles. The molecular weight excluding hydrogens is 374 g/mol. The van der Waals surface area contributed by atoms with Crippen LogP contribution in [0.2, 0.25) is 5.02 Å². The summed E-state index contributed by atoms with van der Waals surface area (Å²) >= 11 is 5.99. The first-order valence-corrected chi connectivity index (χ1v) is 10.1. The number of nitrogens with zero attached hydrogens (tertiary/aromatic N) is 1. The number of carbonyl (C=O) groups is 2. The monoisotopic (exact) mass is 399 g/mol. The quantitative estimate of drug-likeness (QED) is 0.792. The van der Waals surface area contributed by atoms with Gasteiger partial charge in [-0.15, -0.1) is 0 Å². The Kier molecular flexibility index (Phi) is 6.93. The maximum Gasteiger partial charge on any atom is 0.317 e. The van der Waals surface area contributed by atoms with E-state index in [2.05, 4.69) is 10.6 Å². The van der Waals surface area contributed by atoms with Gasteiger partial charge in [-0.05, 0) is 55.2 Å². The highest BCUT2D eigenvalue weighted by molar-refractivity contribution is 6.30. The van der Waals surface area contributed by atoms with Crippen molar-refractivity contribution in [2.45, 2.75) is 32.2 Å². The van der Waals surface area contributed by atoms with Crippen LogP contribution in [0.3, 0.4) is 0 Å². The number of amides is 3. The number of halogens is 1. The molecule has 1 fully saturated rings. The van der Waals surface area contributed by atoms with Crippen LogP contribution in [-0.2, 0) is 6.54 Å². The lowest BCUT2D eigenvalue weighted by molar-refractivity contribution is 0.0950. The highest BCUT2D eigenvalue weighted by Crippen LogP contribution is 2.27. The molecule has 2 N–H and O–H groups in total. The Bertz CT molecular complexity index is 840. The molecule has 3 amide bonds. The smallest absolute Gasteiger partial charge is 0.317 e. The average molecular weight is 400 g/mol. The summed E-state index contributed by atoms with van der Waals surface area (Å²) in [5.41, 5.74) is 2.70. The summed E-state index contributed by atoms with van der Waals surface area (Å²) in [7, 11) is 0. The molecule has 1 saturated heterocycles. The molecule has 0 bridgehead atoms. The van der Waals surface area contributed by atoms with Gasteiger partial charge in [-0.25, -0.2) is 4.79 Å². The average Bonchev–Trinajstić information content (AvgIpc) is 2.72. The minimum atomic E-state index is -0.113. The van der Waals surface area contributed by atoms with Crippen molar-refractivity contribution in [3.8, 4) is 0 Å². The Morgan fingerprint density at radius 3 is 2.75 bits per heavy atom. The van der Waals surface area contributed by atoms with Crippen LogP contribution in [0.5, 0.6) is 0 Å². The van der Waals surface area contributed by atoms with Crippen LogP contribution in [0.15, 0.2) is 48.5 Å². The van der Waals surface area contributed by atoms with E-state index < -0.39 is 0 Å². The molecule has 0 spiro atoms. The Labute approximate surface area is 171 Å². The molecule has 1 atom stereocenters. The zero-order valence-electron chi connectivity index (χ0n) is 16.1. The zero-order chi connectivity index (χ0) is 19.9. The fraction of sp³-hybridized carbons (Fsp3) is 0.364. The van der Waals surface area contributed by atoms with Crippen molar-refractivity contribution < 1.29 is 9.59 Å². The minimum absolute atomic E-state index is 0.0115. The number of benzene rings is 2. The van der Waals surface area contributed by atoms with Gasteiger partial charge in [0.2, 0.25) is 0 Å². The minimum Gasteiger partial charge on any atom is -0.348 e. The Morgan fingerprint density at radius 1 is 1.14 bits per heavy atom. The number of carbonyl (C=O) groups excluding carboxylic acids is 2. The van der Waals surface area contributed by atoms with Crippen LogP contribution in [0, 0.1) is 0 Å². The van der Waals surface area contributed by atoms with Gasteiger partial charge in [-0.3, -0.25) is 4.79 Å². The predicted molar refractivity (Wildman–Crippen MR) is 112 cm³/mol. The molecule has 148 valence electrons. The van der Waals surface area contributed by atoms with Crippen LogP contribution in [0.25, 0.3) is 0 Å². The molecule has 2 aromatic carbocycles. The summed E-state index contributed by atoms with van der Waals surface area (Å²) < 4.78 is 0. The fourth-order valence-electron chi connectivity index (χ4n) is 3.56. The van der Waals surface area contributed by atoms with E-state index in [0.29, 0.717) is 30.2 Å². The van der Waals surface area contributed by atoms with Gasteiger partial charge < -0.3 is 15.5 Å². The molecule has 2 aromatic rings. The molecule has 0 aromatic heterocycles. The van der Waals surface area contributed by atoms with Crippen molar-refractivity contribution in [2.24, 2.45) is 0 Å². The molecule has 28 heavy (non-hydrogen) atoms. The maximum absolute atomic E-state index is 12.6. The van der Waals surface area contributed by atoms with Crippen molar-refractivity contribution in [1.82, 2.24) is 15.5 Å². The van der Waals surface area contributed by atoms with Gasteiger partial charge in [0.15, 0.2) is 0 Å². The van der Waals surface area contributed by atoms with E-state index in [1.165, 1.54) is 0 Å². The molecular formula is C22H26ClN3O2. The lowest BCUT2D eigenvalue weighted by Crippen LogP contribution is -2.44. The van der Waals surface area contributed by atoms with Crippen molar-refractivity contribution in [2.75, 3.05) is 19.6 Å². The summed E-state index contributed by atoms with van der Waals surface area (Å²) in [4.78, 5) is 26.6. The topological polar surface area (TPSA) is 61.4 Å². The first kappa shape index (κ1) is 20.2. The third kappa shape index (κ3) is 5.26. The molecule has 1 aliphatic rings. The van der Waals surface area contributed by atoms with Gasteiger partial charge in [0.25, 0.3) is 5.91 Å². The molecule has 3 rings (SSSR count). The molecule has 0 saturated carbocycles. The second-order valence-corrected chi connectivity index (χ2v) is 7.50. The summed E-state index contributed by atoms with van der Waals surface area (Å²) in [6.45, 7) is 4.44. The molecule has 0 aliphatic carbocycles. The zero-order valence-corrected chi connectivity index (χ0v) is 16.8. The van der Waals surface area contributed by atoms with E-state index >= 15 is 0 Å². The summed E-state index contributed by atoms with van der Waals surface area (Å²) in [6.07, 6.45) is 1.98. The van der Waals surface area contributed by atoms with E-state index in [1.807, 2.05) is 60.4 Å². The number of rotatable bonds is 5. The van der Waals surface area contributed by atoms with E-state index in [1.54, 1.807) is 0 Å². The summed E-state index contributed by atoms with van der Waals surface area (Å²) in [5.74, 6) is 0.134.